The van der Waals surface area contributed by atoms with Gasteiger partial charge in [-0.05, 0) is 74.1 Å². The lowest BCUT2D eigenvalue weighted by molar-refractivity contribution is 0.0974. The number of carbonyl (C=O) groups excluding carboxylic acids is 1. The molecule has 31 heavy (non-hydrogen) atoms. The summed E-state index contributed by atoms with van der Waals surface area (Å²) in [5, 5.41) is 3.75. The van der Waals surface area contributed by atoms with E-state index in [0.29, 0.717) is 0 Å². The summed E-state index contributed by atoms with van der Waals surface area (Å²) in [7, 11) is 0. The maximum atomic E-state index is 13.6. The average Bonchev–Trinajstić information content (AvgIpc) is 2.76. The molecule has 0 aromatic heterocycles. The Balaban J connectivity index is 1.69. The van der Waals surface area contributed by atoms with Gasteiger partial charge in [-0.15, -0.1) is 0 Å². The maximum absolute atomic E-state index is 13.6. The second-order valence-electron chi connectivity index (χ2n) is 8.73. The topological polar surface area (TPSA) is 32.3 Å². The van der Waals surface area contributed by atoms with Crippen molar-refractivity contribution in [2.45, 2.75) is 59.0 Å². The number of aryl methyl sites for hydroxylation is 3. The van der Waals surface area contributed by atoms with Crippen LogP contribution in [0.5, 0.6) is 0 Å². The number of rotatable bonds is 5. The van der Waals surface area contributed by atoms with Crippen LogP contribution in [0, 0.1) is 13.8 Å². The Morgan fingerprint density at radius 3 is 2.39 bits per heavy atom. The van der Waals surface area contributed by atoms with Crippen molar-refractivity contribution < 1.29 is 4.79 Å². The minimum Gasteiger partial charge on any atom is -0.378 e. The van der Waals surface area contributed by atoms with Crippen LogP contribution in [0.15, 0.2) is 66.7 Å². The van der Waals surface area contributed by atoms with Crippen molar-refractivity contribution in [2.24, 2.45) is 0 Å². The SMILES string of the molecule is CCCc1ccc(C(=O)N2c3c(C)cccc3[C@@H](Nc3ccccc3C)C[C@H]2C)cc1. The summed E-state index contributed by atoms with van der Waals surface area (Å²) in [6, 6.07) is 23.2. The molecule has 0 saturated carbocycles. The van der Waals surface area contributed by atoms with E-state index in [1.165, 1.54) is 16.7 Å². The van der Waals surface area contributed by atoms with Gasteiger partial charge in [-0.25, -0.2) is 0 Å². The zero-order chi connectivity index (χ0) is 22.0. The van der Waals surface area contributed by atoms with Crippen LogP contribution in [0.25, 0.3) is 0 Å². The van der Waals surface area contributed by atoms with Crippen LogP contribution in [0.2, 0.25) is 0 Å². The second kappa shape index (κ2) is 8.97. The van der Waals surface area contributed by atoms with Crippen LogP contribution in [-0.2, 0) is 6.42 Å². The first kappa shape index (κ1) is 21.2. The van der Waals surface area contributed by atoms with Gasteiger partial charge in [-0.2, -0.15) is 0 Å². The molecule has 1 aliphatic rings. The molecule has 0 aliphatic carbocycles. The Bertz CT molecular complexity index is 1070. The molecule has 1 heterocycles. The van der Waals surface area contributed by atoms with Gasteiger partial charge in [0.15, 0.2) is 0 Å². The Hall–Kier alpha value is -3.07. The van der Waals surface area contributed by atoms with Gasteiger partial charge in [0.25, 0.3) is 5.91 Å². The standard InChI is InChI=1S/C28H32N2O/c1-5-9-22-14-16-23(17-15-22)28(31)30-21(4)18-26(24-12-8-11-20(3)27(24)30)29-25-13-7-6-10-19(25)2/h6-8,10-17,21,26,29H,5,9,18H2,1-4H3/t21-,26+/m1/s1. The molecule has 0 spiro atoms. The number of amides is 1. The Morgan fingerprint density at radius 1 is 0.968 bits per heavy atom. The number of carbonyl (C=O) groups is 1. The summed E-state index contributed by atoms with van der Waals surface area (Å²) in [6.07, 6.45) is 3.02. The molecule has 4 rings (SSSR count). The molecule has 3 nitrogen and oxygen atoms in total. The number of hydrogen-bond acceptors (Lipinski definition) is 2. The van der Waals surface area contributed by atoms with Crippen LogP contribution < -0.4 is 10.2 Å². The normalized spacial score (nSPS) is 17.9. The van der Waals surface area contributed by atoms with E-state index >= 15 is 0 Å². The van der Waals surface area contributed by atoms with Crippen molar-refractivity contribution >= 4 is 17.3 Å². The third kappa shape index (κ3) is 4.23. The molecule has 1 N–H and O–H groups in total. The molecule has 3 heteroatoms. The number of hydrogen-bond donors (Lipinski definition) is 1. The number of fused-ring (bicyclic) bond motifs is 1. The molecule has 0 radical (unpaired) electrons. The lowest BCUT2D eigenvalue weighted by Crippen LogP contribution is -2.44. The highest BCUT2D eigenvalue weighted by atomic mass is 16.2. The number of nitrogens with zero attached hydrogens (tertiary/aromatic N) is 1. The monoisotopic (exact) mass is 412 g/mol. The van der Waals surface area contributed by atoms with Gasteiger partial charge in [0, 0.05) is 17.3 Å². The molecule has 3 aromatic rings. The number of para-hydroxylation sites is 2. The molecule has 160 valence electrons. The van der Waals surface area contributed by atoms with E-state index in [4.69, 9.17) is 0 Å². The summed E-state index contributed by atoms with van der Waals surface area (Å²) in [6.45, 7) is 8.57. The van der Waals surface area contributed by atoms with Crippen molar-refractivity contribution in [2.75, 3.05) is 10.2 Å². The molecule has 2 atom stereocenters. The third-order valence-electron chi connectivity index (χ3n) is 6.34. The Kier molecular flexibility index (Phi) is 6.13. The average molecular weight is 413 g/mol. The first-order chi connectivity index (χ1) is 15.0. The summed E-state index contributed by atoms with van der Waals surface area (Å²) in [5.41, 5.74) is 7.80. The van der Waals surface area contributed by atoms with E-state index in [9.17, 15) is 4.79 Å². The number of benzene rings is 3. The molecule has 0 bridgehead atoms. The predicted molar refractivity (Wildman–Crippen MR) is 130 cm³/mol. The molecule has 3 aromatic carbocycles. The van der Waals surface area contributed by atoms with Crippen molar-refractivity contribution in [3.05, 3.63) is 94.5 Å². The predicted octanol–water partition coefficient (Wildman–Crippen LogP) is 6.85. The minimum absolute atomic E-state index is 0.0837. The van der Waals surface area contributed by atoms with Gasteiger partial charge in [-0.1, -0.05) is 61.9 Å². The number of nitrogens with one attached hydrogen (secondary N) is 1. The van der Waals surface area contributed by atoms with E-state index in [1.54, 1.807) is 0 Å². The van der Waals surface area contributed by atoms with Crippen LogP contribution in [-0.4, -0.2) is 11.9 Å². The van der Waals surface area contributed by atoms with Gasteiger partial charge in [0.1, 0.15) is 0 Å². The van der Waals surface area contributed by atoms with E-state index in [1.807, 2.05) is 17.0 Å². The van der Waals surface area contributed by atoms with Crippen LogP contribution in [0.3, 0.4) is 0 Å². The maximum Gasteiger partial charge on any atom is 0.258 e. The highest BCUT2D eigenvalue weighted by Crippen LogP contribution is 2.41. The van der Waals surface area contributed by atoms with Crippen LogP contribution in [0.4, 0.5) is 11.4 Å². The highest BCUT2D eigenvalue weighted by Gasteiger charge is 2.35. The highest BCUT2D eigenvalue weighted by molar-refractivity contribution is 6.07. The Morgan fingerprint density at radius 2 is 1.68 bits per heavy atom. The van der Waals surface area contributed by atoms with Gasteiger partial charge in [0.2, 0.25) is 0 Å². The van der Waals surface area contributed by atoms with E-state index in [0.717, 1.165) is 41.8 Å². The molecular formula is C28H32N2O. The first-order valence-electron chi connectivity index (χ1n) is 11.3. The Labute approximate surface area is 186 Å². The first-order valence-corrected chi connectivity index (χ1v) is 11.3. The van der Waals surface area contributed by atoms with Crippen LogP contribution in [0.1, 0.15) is 65.3 Å². The molecule has 1 aliphatic heterocycles. The van der Waals surface area contributed by atoms with Crippen molar-refractivity contribution in [1.29, 1.82) is 0 Å². The van der Waals surface area contributed by atoms with Crippen molar-refractivity contribution in [3.8, 4) is 0 Å². The smallest absolute Gasteiger partial charge is 0.258 e. The molecular weight excluding hydrogens is 380 g/mol. The molecule has 0 unspecified atom stereocenters. The van der Waals surface area contributed by atoms with Crippen molar-refractivity contribution in [3.63, 3.8) is 0 Å². The van der Waals surface area contributed by atoms with E-state index in [-0.39, 0.29) is 18.0 Å². The zero-order valence-corrected chi connectivity index (χ0v) is 19.0. The van der Waals surface area contributed by atoms with Gasteiger partial charge in [0.05, 0.1) is 11.7 Å². The van der Waals surface area contributed by atoms with Crippen LogP contribution >= 0.6 is 0 Å². The van der Waals surface area contributed by atoms with E-state index in [2.05, 4.69) is 87.6 Å². The molecule has 1 amide bonds. The lowest BCUT2D eigenvalue weighted by Gasteiger charge is -2.41. The molecule has 0 saturated heterocycles. The van der Waals surface area contributed by atoms with E-state index < -0.39 is 0 Å². The van der Waals surface area contributed by atoms with Gasteiger partial charge < -0.3 is 10.2 Å². The third-order valence-corrected chi connectivity index (χ3v) is 6.34. The largest absolute Gasteiger partial charge is 0.378 e. The summed E-state index contributed by atoms with van der Waals surface area (Å²) in [5.74, 6) is 0.0837. The number of anilines is 2. The van der Waals surface area contributed by atoms with Crippen molar-refractivity contribution in [1.82, 2.24) is 0 Å². The second-order valence-corrected chi connectivity index (χ2v) is 8.73. The zero-order valence-electron chi connectivity index (χ0n) is 19.0. The lowest BCUT2D eigenvalue weighted by atomic mass is 9.88. The fraction of sp³-hybridized carbons (Fsp3) is 0.321. The fourth-order valence-electron chi connectivity index (χ4n) is 4.69. The van der Waals surface area contributed by atoms with Gasteiger partial charge in [-0.3, -0.25) is 4.79 Å². The molecule has 0 fully saturated rings. The fourth-order valence-corrected chi connectivity index (χ4v) is 4.69. The summed E-state index contributed by atoms with van der Waals surface area (Å²) < 4.78 is 0. The summed E-state index contributed by atoms with van der Waals surface area (Å²) >= 11 is 0. The summed E-state index contributed by atoms with van der Waals surface area (Å²) in [4.78, 5) is 15.6. The van der Waals surface area contributed by atoms with Gasteiger partial charge >= 0.3 is 0 Å². The quantitative estimate of drug-likeness (QED) is 0.497. The minimum atomic E-state index is 0.0837.